The molecule has 0 saturated heterocycles. The van der Waals surface area contributed by atoms with E-state index in [9.17, 15) is 0 Å². The molecule has 0 saturated carbocycles. The summed E-state index contributed by atoms with van der Waals surface area (Å²) in [5.41, 5.74) is 2.60. The first kappa shape index (κ1) is 20.0. The third-order valence-corrected chi connectivity index (χ3v) is 10.7. The van der Waals surface area contributed by atoms with E-state index >= 15 is 0 Å². The van der Waals surface area contributed by atoms with Gasteiger partial charge in [-0.3, -0.25) is 0 Å². The van der Waals surface area contributed by atoms with Gasteiger partial charge in [-0.05, 0) is 53.0 Å². The minimum Gasteiger partial charge on any atom is -0.543 e. The van der Waals surface area contributed by atoms with Crippen LogP contribution in [0.25, 0.3) is 10.8 Å². The van der Waals surface area contributed by atoms with Crippen LogP contribution in [0.4, 0.5) is 0 Å². The van der Waals surface area contributed by atoms with Crippen molar-refractivity contribution >= 4 is 30.9 Å². The van der Waals surface area contributed by atoms with Gasteiger partial charge in [0, 0.05) is 16.7 Å². The highest BCUT2D eigenvalue weighted by Gasteiger charge is 2.39. The lowest BCUT2D eigenvalue weighted by molar-refractivity contribution is 0.492. The summed E-state index contributed by atoms with van der Waals surface area (Å²) in [7, 11) is -1.93. The van der Waals surface area contributed by atoms with Crippen LogP contribution in [0.2, 0.25) is 18.1 Å². The van der Waals surface area contributed by atoms with Crippen molar-refractivity contribution < 1.29 is 4.43 Å². The fourth-order valence-electron chi connectivity index (χ4n) is 2.92. The monoisotopic (exact) mass is 394 g/mol. The van der Waals surface area contributed by atoms with Crippen molar-refractivity contribution in [1.29, 1.82) is 0 Å². The average Bonchev–Trinajstić information content (AvgIpc) is 2.63. The highest BCUT2D eigenvalue weighted by Crippen LogP contribution is 2.41. The molecule has 0 N–H and O–H groups in total. The Morgan fingerprint density at radius 2 is 1.56 bits per heavy atom. The normalized spacial score (nSPS) is 12.4. The highest BCUT2D eigenvalue weighted by molar-refractivity contribution is 7.98. The number of benzene rings is 3. The standard InChI is InChI=1S/C24H30OSSi/c1-24(2,3)27(5,6)25-23-20(14-13-19-9-7-8-10-22(19)23)17-18-11-15-21(26-4)16-12-18/h7-16H,17H2,1-6H3. The Bertz CT molecular complexity index is 923. The van der Waals surface area contributed by atoms with Gasteiger partial charge in [-0.1, -0.05) is 69.3 Å². The fourth-order valence-corrected chi connectivity index (χ4v) is 4.39. The SMILES string of the molecule is CSc1ccc(Cc2ccc3ccccc3c2O[Si](C)(C)C(C)(C)C)cc1. The van der Waals surface area contributed by atoms with Gasteiger partial charge in [0.05, 0.1) is 0 Å². The molecule has 0 aromatic heterocycles. The van der Waals surface area contributed by atoms with Crippen molar-refractivity contribution in [1.82, 2.24) is 0 Å². The van der Waals surface area contributed by atoms with Crippen LogP contribution in [0.3, 0.4) is 0 Å². The molecule has 0 unspecified atom stereocenters. The molecule has 3 heteroatoms. The Kier molecular flexibility index (Phi) is 5.73. The second kappa shape index (κ2) is 7.73. The predicted molar refractivity (Wildman–Crippen MR) is 123 cm³/mol. The lowest BCUT2D eigenvalue weighted by Crippen LogP contribution is -2.44. The maximum absolute atomic E-state index is 6.86. The van der Waals surface area contributed by atoms with Crippen LogP contribution < -0.4 is 4.43 Å². The van der Waals surface area contributed by atoms with Crippen LogP contribution in [-0.4, -0.2) is 14.6 Å². The number of hydrogen-bond acceptors (Lipinski definition) is 2. The van der Waals surface area contributed by atoms with Gasteiger partial charge in [-0.25, -0.2) is 0 Å². The zero-order valence-electron chi connectivity index (χ0n) is 17.3. The number of fused-ring (bicyclic) bond motifs is 1. The molecule has 0 amide bonds. The topological polar surface area (TPSA) is 9.23 Å². The first-order valence-electron chi connectivity index (χ1n) is 9.54. The zero-order valence-corrected chi connectivity index (χ0v) is 19.1. The first-order valence-corrected chi connectivity index (χ1v) is 13.7. The van der Waals surface area contributed by atoms with Crippen LogP contribution >= 0.6 is 11.8 Å². The lowest BCUT2D eigenvalue weighted by Gasteiger charge is -2.37. The lowest BCUT2D eigenvalue weighted by atomic mass is 10.00. The first-order chi connectivity index (χ1) is 12.7. The molecule has 0 fully saturated rings. The van der Waals surface area contributed by atoms with Gasteiger partial charge in [0.25, 0.3) is 8.32 Å². The third kappa shape index (κ3) is 4.41. The van der Waals surface area contributed by atoms with Crippen LogP contribution in [0, 0.1) is 0 Å². The maximum Gasteiger partial charge on any atom is 0.250 e. The molecule has 0 radical (unpaired) electrons. The summed E-state index contributed by atoms with van der Waals surface area (Å²) in [6.07, 6.45) is 3.01. The number of rotatable bonds is 5. The number of hydrogen-bond donors (Lipinski definition) is 0. The molecule has 0 heterocycles. The van der Waals surface area contributed by atoms with Crippen molar-refractivity contribution in [3.05, 3.63) is 71.8 Å². The molecule has 0 spiro atoms. The van der Waals surface area contributed by atoms with Crippen molar-refractivity contribution in [2.24, 2.45) is 0 Å². The molecular weight excluding hydrogens is 364 g/mol. The van der Waals surface area contributed by atoms with E-state index < -0.39 is 8.32 Å². The van der Waals surface area contributed by atoms with Crippen LogP contribution in [-0.2, 0) is 6.42 Å². The Morgan fingerprint density at radius 1 is 0.889 bits per heavy atom. The van der Waals surface area contributed by atoms with E-state index in [0.717, 1.165) is 12.2 Å². The van der Waals surface area contributed by atoms with E-state index in [1.165, 1.54) is 26.8 Å². The van der Waals surface area contributed by atoms with Crippen molar-refractivity contribution in [2.45, 2.75) is 50.2 Å². The van der Waals surface area contributed by atoms with E-state index in [0.29, 0.717) is 0 Å². The Balaban J connectivity index is 2.06. The van der Waals surface area contributed by atoms with E-state index in [4.69, 9.17) is 4.43 Å². The van der Waals surface area contributed by atoms with Crippen molar-refractivity contribution in [2.75, 3.05) is 6.26 Å². The van der Waals surface area contributed by atoms with Crippen LogP contribution in [0.1, 0.15) is 31.9 Å². The van der Waals surface area contributed by atoms with Gasteiger partial charge < -0.3 is 4.43 Å². The summed E-state index contributed by atoms with van der Waals surface area (Å²) in [6.45, 7) is 11.5. The van der Waals surface area contributed by atoms with Crippen LogP contribution in [0.5, 0.6) is 5.75 Å². The smallest absolute Gasteiger partial charge is 0.250 e. The molecule has 0 aliphatic rings. The molecule has 3 rings (SSSR count). The van der Waals surface area contributed by atoms with Gasteiger partial charge in [0.2, 0.25) is 0 Å². The summed E-state index contributed by atoms with van der Waals surface area (Å²) in [5.74, 6) is 1.08. The summed E-state index contributed by atoms with van der Waals surface area (Å²) in [4.78, 5) is 1.30. The van der Waals surface area contributed by atoms with Crippen molar-refractivity contribution in [3.8, 4) is 5.75 Å². The predicted octanol–water partition coefficient (Wildman–Crippen LogP) is 7.54. The molecule has 27 heavy (non-hydrogen) atoms. The minimum absolute atomic E-state index is 0.168. The molecule has 1 nitrogen and oxygen atoms in total. The van der Waals surface area contributed by atoms with Crippen molar-refractivity contribution in [3.63, 3.8) is 0 Å². The van der Waals surface area contributed by atoms with Crippen LogP contribution in [0.15, 0.2) is 65.6 Å². The summed E-state index contributed by atoms with van der Waals surface area (Å²) in [5, 5.41) is 2.63. The van der Waals surface area contributed by atoms with E-state index in [-0.39, 0.29) is 5.04 Å². The van der Waals surface area contributed by atoms with E-state index in [1.807, 2.05) is 0 Å². The minimum atomic E-state index is -1.93. The molecule has 0 aliphatic carbocycles. The third-order valence-electron chi connectivity index (χ3n) is 5.68. The maximum atomic E-state index is 6.86. The Labute approximate surface area is 169 Å². The second-order valence-electron chi connectivity index (χ2n) is 8.66. The quantitative estimate of drug-likeness (QED) is 0.326. The summed E-state index contributed by atoms with van der Waals surface area (Å²) in [6, 6.07) is 21.9. The second-order valence-corrected chi connectivity index (χ2v) is 14.3. The fraction of sp³-hybridized carbons (Fsp3) is 0.333. The van der Waals surface area contributed by atoms with E-state index in [1.54, 1.807) is 11.8 Å². The Morgan fingerprint density at radius 3 is 2.19 bits per heavy atom. The molecule has 0 aliphatic heterocycles. The largest absolute Gasteiger partial charge is 0.543 e. The van der Waals surface area contributed by atoms with Gasteiger partial charge in [0.1, 0.15) is 5.75 Å². The summed E-state index contributed by atoms with van der Waals surface area (Å²) >= 11 is 1.78. The molecule has 142 valence electrons. The molecule has 0 bridgehead atoms. The molecule has 0 atom stereocenters. The van der Waals surface area contributed by atoms with Gasteiger partial charge >= 0.3 is 0 Å². The van der Waals surface area contributed by atoms with Gasteiger partial charge in [0.15, 0.2) is 0 Å². The van der Waals surface area contributed by atoms with Gasteiger partial charge in [-0.2, -0.15) is 0 Å². The highest BCUT2D eigenvalue weighted by atomic mass is 32.2. The molecule has 3 aromatic carbocycles. The zero-order chi connectivity index (χ0) is 19.7. The molecular formula is C24H30OSSi. The molecule has 3 aromatic rings. The van der Waals surface area contributed by atoms with Gasteiger partial charge in [-0.15, -0.1) is 11.8 Å². The summed E-state index contributed by atoms with van der Waals surface area (Å²) < 4.78 is 6.86. The average molecular weight is 395 g/mol. The Hall–Kier alpha value is -1.71. The van der Waals surface area contributed by atoms with E-state index in [2.05, 4.69) is 101 Å². The number of thioether (sulfide) groups is 1.